The van der Waals surface area contributed by atoms with E-state index in [0.717, 1.165) is 17.1 Å². The Kier molecular flexibility index (Phi) is 3.81. The second kappa shape index (κ2) is 5.52. The normalized spacial score (nSPS) is 12.2. The minimum Gasteiger partial charge on any atom is -0.497 e. The van der Waals surface area contributed by atoms with Crippen LogP contribution in [0.3, 0.4) is 0 Å². The number of H-pyrrole nitrogens is 1. The van der Waals surface area contributed by atoms with E-state index in [1.807, 2.05) is 18.2 Å². The van der Waals surface area contributed by atoms with Crippen molar-refractivity contribution in [2.75, 3.05) is 14.2 Å². The first-order chi connectivity index (χ1) is 8.80. The molecule has 2 rings (SSSR count). The Morgan fingerprint density at radius 2 is 2.17 bits per heavy atom. The van der Waals surface area contributed by atoms with Gasteiger partial charge in [0.15, 0.2) is 0 Å². The maximum atomic E-state index is 5.59. The first kappa shape index (κ1) is 12.4. The molecular weight excluding hydrogens is 232 g/mol. The summed E-state index contributed by atoms with van der Waals surface area (Å²) >= 11 is 0. The third-order valence-electron chi connectivity index (χ3n) is 2.71. The molecule has 0 amide bonds. The summed E-state index contributed by atoms with van der Waals surface area (Å²) in [6.45, 7) is 0. The van der Waals surface area contributed by atoms with Crippen molar-refractivity contribution in [3.63, 3.8) is 0 Å². The Morgan fingerprint density at radius 1 is 1.33 bits per heavy atom. The number of hydrogen-bond acceptors (Lipinski definition) is 5. The highest BCUT2D eigenvalue weighted by atomic mass is 16.5. The zero-order valence-corrected chi connectivity index (χ0v) is 10.3. The number of hydrazine groups is 1. The van der Waals surface area contributed by atoms with Gasteiger partial charge >= 0.3 is 0 Å². The predicted molar refractivity (Wildman–Crippen MR) is 67.3 cm³/mol. The van der Waals surface area contributed by atoms with E-state index in [9.17, 15) is 0 Å². The lowest BCUT2D eigenvalue weighted by Crippen LogP contribution is -2.30. The summed E-state index contributed by atoms with van der Waals surface area (Å²) in [4.78, 5) is 7.22. The molecule has 18 heavy (non-hydrogen) atoms. The van der Waals surface area contributed by atoms with Gasteiger partial charge in [0.05, 0.1) is 14.2 Å². The van der Waals surface area contributed by atoms with Crippen molar-refractivity contribution in [1.82, 2.24) is 15.4 Å². The summed E-state index contributed by atoms with van der Waals surface area (Å²) in [7, 11) is 3.22. The summed E-state index contributed by atoms with van der Waals surface area (Å²) < 4.78 is 10.5. The van der Waals surface area contributed by atoms with E-state index in [2.05, 4.69) is 15.4 Å². The van der Waals surface area contributed by atoms with Crippen molar-refractivity contribution in [2.24, 2.45) is 5.84 Å². The Bertz CT molecular complexity index is 499. The summed E-state index contributed by atoms with van der Waals surface area (Å²) in [6.07, 6.45) is 3.42. The molecule has 0 aliphatic carbocycles. The van der Waals surface area contributed by atoms with E-state index in [-0.39, 0.29) is 6.04 Å². The van der Waals surface area contributed by atoms with Crippen molar-refractivity contribution in [3.05, 3.63) is 42.0 Å². The molecule has 96 valence electrons. The second-order valence-corrected chi connectivity index (χ2v) is 3.68. The fourth-order valence-corrected chi connectivity index (χ4v) is 1.81. The number of nitrogens with two attached hydrogens (primary N) is 1. The highest BCUT2D eigenvalue weighted by molar-refractivity contribution is 5.44. The van der Waals surface area contributed by atoms with Crippen molar-refractivity contribution < 1.29 is 9.47 Å². The van der Waals surface area contributed by atoms with Gasteiger partial charge < -0.3 is 14.5 Å². The number of nitrogens with one attached hydrogen (secondary N) is 2. The lowest BCUT2D eigenvalue weighted by atomic mass is 10.1. The fourth-order valence-electron chi connectivity index (χ4n) is 1.81. The van der Waals surface area contributed by atoms with Crippen LogP contribution in [0.25, 0.3) is 0 Å². The number of methoxy groups -OCH3 is 2. The number of ether oxygens (including phenoxy) is 2. The molecule has 1 heterocycles. The summed E-state index contributed by atoms with van der Waals surface area (Å²) in [5, 5.41) is 0. The third kappa shape index (κ3) is 2.29. The molecule has 2 aromatic rings. The molecule has 6 heteroatoms. The molecule has 0 saturated heterocycles. The molecular formula is C12H16N4O2. The molecule has 1 aromatic heterocycles. The van der Waals surface area contributed by atoms with E-state index in [4.69, 9.17) is 15.3 Å². The minimum absolute atomic E-state index is 0.263. The molecule has 1 aromatic carbocycles. The first-order valence-corrected chi connectivity index (χ1v) is 5.47. The van der Waals surface area contributed by atoms with Crippen LogP contribution in [0.1, 0.15) is 17.4 Å². The zero-order chi connectivity index (χ0) is 13.0. The number of aromatic amines is 1. The van der Waals surface area contributed by atoms with Crippen LogP contribution in [0, 0.1) is 0 Å². The molecule has 0 saturated carbocycles. The number of nitrogens with zero attached hydrogens (tertiary/aromatic N) is 1. The van der Waals surface area contributed by atoms with Crippen molar-refractivity contribution in [2.45, 2.75) is 6.04 Å². The molecule has 6 nitrogen and oxygen atoms in total. The smallest absolute Gasteiger partial charge is 0.129 e. The van der Waals surface area contributed by atoms with Gasteiger partial charge in [-0.1, -0.05) is 0 Å². The van der Waals surface area contributed by atoms with Crippen LogP contribution < -0.4 is 20.7 Å². The maximum absolute atomic E-state index is 5.59. The van der Waals surface area contributed by atoms with Crippen LogP contribution in [0.15, 0.2) is 30.6 Å². The van der Waals surface area contributed by atoms with E-state index in [1.54, 1.807) is 26.6 Å². The monoisotopic (exact) mass is 248 g/mol. The Morgan fingerprint density at radius 3 is 2.72 bits per heavy atom. The van der Waals surface area contributed by atoms with Crippen LogP contribution in [0.2, 0.25) is 0 Å². The van der Waals surface area contributed by atoms with Crippen LogP contribution in [-0.4, -0.2) is 24.2 Å². The quantitative estimate of drug-likeness (QED) is 0.542. The Balaban J connectivity index is 2.42. The zero-order valence-electron chi connectivity index (χ0n) is 10.3. The van der Waals surface area contributed by atoms with Gasteiger partial charge in [0, 0.05) is 24.0 Å². The number of imidazole rings is 1. The lowest BCUT2D eigenvalue weighted by molar-refractivity contribution is 0.387. The molecule has 0 bridgehead atoms. The predicted octanol–water partition coefficient (Wildman–Crippen LogP) is 0.980. The minimum atomic E-state index is -0.263. The van der Waals surface area contributed by atoms with Crippen LogP contribution >= 0.6 is 0 Å². The number of rotatable bonds is 5. The lowest BCUT2D eigenvalue weighted by Gasteiger charge is -2.17. The highest BCUT2D eigenvalue weighted by Crippen LogP contribution is 2.31. The van der Waals surface area contributed by atoms with Crippen molar-refractivity contribution in [3.8, 4) is 11.5 Å². The molecule has 0 radical (unpaired) electrons. The van der Waals surface area contributed by atoms with Gasteiger partial charge in [-0.2, -0.15) is 0 Å². The molecule has 1 atom stereocenters. The van der Waals surface area contributed by atoms with Gasteiger partial charge in [0.2, 0.25) is 0 Å². The Labute approximate surface area is 105 Å². The number of benzene rings is 1. The average molecular weight is 248 g/mol. The van der Waals surface area contributed by atoms with Gasteiger partial charge in [-0.3, -0.25) is 5.84 Å². The van der Waals surface area contributed by atoms with Gasteiger partial charge in [0.25, 0.3) is 0 Å². The molecule has 1 unspecified atom stereocenters. The Hall–Kier alpha value is -2.05. The number of aromatic nitrogens is 2. The topological polar surface area (TPSA) is 85.2 Å². The molecule has 0 aliphatic rings. The third-order valence-corrected chi connectivity index (χ3v) is 2.71. The van der Waals surface area contributed by atoms with Gasteiger partial charge in [0.1, 0.15) is 23.4 Å². The summed E-state index contributed by atoms with van der Waals surface area (Å²) in [5.74, 6) is 7.73. The largest absolute Gasteiger partial charge is 0.497 e. The SMILES string of the molecule is COc1ccc(C(NN)c2ncc[nH]2)c(OC)c1. The highest BCUT2D eigenvalue weighted by Gasteiger charge is 2.19. The van der Waals surface area contributed by atoms with Gasteiger partial charge in [-0.25, -0.2) is 10.4 Å². The van der Waals surface area contributed by atoms with E-state index >= 15 is 0 Å². The molecule has 0 spiro atoms. The van der Waals surface area contributed by atoms with E-state index < -0.39 is 0 Å². The van der Waals surface area contributed by atoms with Crippen LogP contribution in [0.4, 0.5) is 0 Å². The van der Waals surface area contributed by atoms with Gasteiger partial charge in [-0.05, 0) is 12.1 Å². The second-order valence-electron chi connectivity index (χ2n) is 3.68. The molecule has 0 aliphatic heterocycles. The van der Waals surface area contributed by atoms with Crippen molar-refractivity contribution >= 4 is 0 Å². The maximum Gasteiger partial charge on any atom is 0.129 e. The molecule has 0 fully saturated rings. The number of hydrogen-bond donors (Lipinski definition) is 3. The van der Waals surface area contributed by atoms with E-state index in [0.29, 0.717) is 5.75 Å². The van der Waals surface area contributed by atoms with E-state index in [1.165, 1.54) is 0 Å². The van der Waals surface area contributed by atoms with Crippen LogP contribution in [-0.2, 0) is 0 Å². The fraction of sp³-hybridized carbons (Fsp3) is 0.250. The standard InChI is InChI=1S/C12H16N4O2/c1-17-8-3-4-9(10(7-8)18-2)11(16-13)12-14-5-6-15-12/h3-7,11,16H,13H2,1-2H3,(H,14,15). The summed E-state index contributed by atoms with van der Waals surface area (Å²) in [6, 6.07) is 5.29. The van der Waals surface area contributed by atoms with Crippen molar-refractivity contribution in [1.29, 1.82) is 0 Å². The van der Waals surface area contributed by atoms with Gasteiger partial charge in [-0.15, -0.1) is 0 Å². The summed E-state index contributed by atoms with van der Waals surface area (Å²) in [5.41, 5.74) is 3.60. The average Bonchev–Trinajstić information content (AvgIpc) is 2.94. The molecule has 4 N–H and O–H groups in total. The first-order valence-electron chi connectivity index (χ1n) is 5.47. The van der Waals surface area contributed by atoms with Crippen LogP contribution in [0.5, 0.6) is 11.5 Å².